The van der Waals surface area contributed by atoms with E-state index in [-0.39, 0.29) is 17.8 Å². The monoisotopic (exact) mass is 415 g/mol. The van der Waals surface area contributed by atoms with Gasteiger partial charge in [0, 0.05) is 44.0 Å². The molecule has 1 spiro atoms. The van der Waals surface area contributed by atoms with E-state index >= 15 is 0 Å². The van der Waals surface area contributed by atoms with E-state index in [9.17, 15) is 13.5 Å². The number of hydrogen-bond donors (Lipinski definition) is 1. The lowest BCUT2D eigenvalue weighted by atomic mass is 9.70. The minimum absolute atomic E-state index is 0.114. The van der Waals surface area contributed by atoms with Crippen molar-refractivity contribution in [3.63, 3.8) is 0 Å². The Morgan fingerprint density at radius 2 is 1.79 bits per heavy atom. The number of nitrogens with zero attached hydrogens (tertiary/aromatic N) is 1. The van der Waals surface area contributed by atoms with Crippen LogP contribution in [-0.2, 0) is 14.8 Å². The maximum atomic E-state index is 13.0. The first-order valence-electron chi connectivity index (χ1n) is 10.2. The number of aromatic hydroxyl groups is 1. The number of sulfonamides is 1. The molecule has 0 saturated carbocycles. The van der Waals surface area contributed by atoms with Gasteiger partial charge in [0.25, 0.3) is 0 Å². The van der Waals surface area contributed by atoms with Gasteiger partial charge in [0.2, 0.25) is 10.0 Å². The van der Waals surface area contributed by atoms with Crippen LogP contribution in [0.1, 0.15) is 37.4 Å². The first kappa shape index (κ1) is 18.9. The molecule has 0 bridgehead atoms. The summed E-state index contributed by atoms with van der Waals surface area (Å²) in [7, 11) is -3.52. The fourth-order valence-electron chi connectivity index (χ4n) is 5.10. The van der Waals surface area contributed by atoms with Gasteiger partial charge in [-0.05, 0) is 31.0 Å². The van der Waals surface area contributed by atoms with Gasteiger partial charge in [-0.25, -0.2) is 8.42 Å². The van der Waals surface area contributed by atoms with Crippen molar-refractivity contribution in [2.75, 3.05) is 19.7 Å². The van der Waals surface area contributed by atoms with Gasteiger partial charge < -0.3 is 14.6 Å². The highest BCUT2D eigenvalue weighted by Gasteiger charge is 2.53. The molecule has 7 heteroatoms. The van der Waals surface area contributed by atoms with E-state index in [1.54, 1.807) is 34.6 Å². The molecular weight excluding hydrogens is 390 g/mol. The average Bonchev–Trinajstić information content (AvgIpc) is 2.76. The fraction of sp³-hybridized carbons (Fsp3) is 0.455. The summed E-state index contributed by atoms with van der Waals surface area (Å²) in [5.41, 5.74) is 0.388. The number of fused-ring (bicyclic) bond motifs is 4. The third kappa shape index (κ3) is 3.03. The number of ether oxygens (including phenoxy) is 2. The molecule has 3 aliphatic rings. The molecule has 2 fully saturated rings. The highest BCUT2D eigenvalue weighted by Crippen LogP contribution is 2.55. The molecule has 154 valence electrons. The van der Waals surface area contributed by atoms with Crippen LogP contribution in [0.25, 0.3) is 0 Å². The molecule has 0 radical (unpaired) electrons. The Labute approximate surface area is 171 Å². The molecule has 3 heterocycles. The Bertz CT molecular complexity index is 999. The molecule has 0 aromatic heterocycles. The summed E-state index contributed by atoms with van der Waals surface area (Å²) >= 11 is 0. The number of para-hydroxylation sites is 1. The average molecular weight is 416 g/mol. The van der Waals surface area contributed by atoms with E-state index in [4.69, 9.17) is 9.47 Å². The number of piperidine rings is 1. The van der Waals surface area contributed by atoms with Crippen molar-refractivity contribution in [2.24, 2.45) is 5.92 Å². The highest BCUT2D eigenvalue weighted by molar-refractivity contribution is 7.89. The first-order valence-corrected chi connectivity index (χ1v) is 11.6. The number of phenols is 1. The topological polar surface area (TPSA) is 76.1 Å². The molecular formula is C22H25NO5S. The molecule has 2 atom stereocenters. The van der Waals surface area contributed by atoms with Crippen LogP contribution in [-0.4, -0.2) is 43.1 Å². The molecule has 2 saturated heterocycles. The van der Waals surface area contributed by atoms with Gasteiger partial charge in [-0.3, -0.25) is 0 Å². The molecule has 0 amide bonds. The zero-order chi connectivity index (χ0) is 20.1. The van der Waals surface area contributed by atoms with E-state index in [0.717, 1.165) is 18.4 Å². The van der Waals surface area contributed by atoms with E-state index in [0.29, 0.717) is 43.2 Å². The number of phenolic OH excluding ortho intramolecular Hbond substituents is 1. The van der Waals surface area contributed by atoms with Crippen molar-refractivity contribution >= 4 is 10.0 Å². The standard InChI is InChI=1S/C22H25NO5S/c24-19-10-4-8-17-20-18(9-5-15-27-20)22(28-21(17)19)11-13-23(14-12-22)29(25,26)16-6-2-1-3-7-16/h1-4,6-8,10,18,20,24H,5,9,11-15H2/t18-,20+/m0/s1. The van der Waals surface area contributed by atoms with Crippen molar-refractivity contribution in [3.8, 4) is 11.5 Å². The molecule has 3 aliphatic heterocycles. The third-order valence-corrected chi connectivity index (χ3v) is 8.50. The second kappa shape index (κ2) is 7.00. The van der Waals surface area contributed by atoms with Crippen LogP contribution in [0.3, 0.4) is 0 Å². The SMILES string of the molecule is O=S(=O)(c1ccccc1)N1CCC2(CC1)Oc1c(O)cccc1[C@H]1OCCC[C@@H]12. The number of rotatable bonds is 2. The molecule has 5 rings (SSSR count). The van der Waals surface area contributed by atoms with Gasteiger partial charge in [-0.1, -0.05) is 30.3 Å². The van der Waals surface area contributed by atoms with Crippen LogP contribution < -0.4 is 4.74 Å². The van der Waals surface area contributed by atoms with Crippen molar-refractivity contribution in [3.05, 3.63) is 54.1 Å². The van der Waals surface area contributed by atoms with Crippen LogP contribution in [0.4, 0.5) is 0 Å². The molecule has 0 unspecified atom stereocenters. The molecule has 1 N–H and O–H groups in total. The fourth-order valence-corrected chi connectivity index (χ4v) is 6.56. The largest absolute Gasteiger partial charge is 0.504 e. The third-order valence-electron chi connectivity index (χ3n) is 6.58. The van der Waals surface area contributed by atoms with E-state index in [2.05, 4.69) is 0 Å². The Morgan fingerprint density at radius 3 is 2.55 bits per heavy atom. The lowest BCUT2D eigenvalue weighted by Gasteiger charge is -2.53. The summed E-state index contributed by atoms with van der Waals surface area (Å²) in [6.45, 7) is 1.48. The Hall–Kier alpha value is -2.09. The zero-order valence-electron chi connectivity index (χ0n) is 16.2. The van der Waals surface area contributed by atoms with E-state index < -0.39 is 15.6 Å². The van der Waals surface area contributed by atoms with Crippen molar-refractivity contribution in [1.29, 1.82) is 0 Å². The first-order chi connectivity index (χ1) is 14.0. The van der Waals surface area contributed by atoms with E-state index in [1.807, 2.05) is 18.2 Å². The second-order valence-corrected chi connectivity index (χ2v) is 10.1. The van der Waals surface area contributed by atoms with Crippen LogP contribution in [0.2, 0.25) is 0 Å². The van der Waals surface area contributed by atoms with E-state index in [1.165, 1.54) is 0 Å². The predicted molar refractivity (Wildman–Crippen MR) is 107 cm³/mol. The van der Waals surface area contributed by atoms with Crippen LogP contribution >= 0.6 is 0 Å². The normalized spacial score (nSPS) is 26.3. The lowest BCUT2D eigenvalue weighted by molar-refractivity contribution is -0.146. The Balaban J connectivity index is 1.44. The van der Waals surface area contributed by atoms with Gasteiger partial charge >= 0.3 is 0 Å². The Morgan fingerprint density at radius 1 is 1.03 bits per heavy atom. The van der Waals surface area contributed by atoms with Gasteiger partial charge in [0.1, 0.15) is 5.60 Å². The minimum Gasteiger partial charge on any atom is -0.504 e. The summed E-state index contributed by atoms with van der Waals surface area (Å²) in [6.07, 6.45) is 2.99. The van der Waals surface area contributed by atoms with Gasteiger partial charge in [-0.2, -0.15) is 4.31 Å². The predicted octanol–water partition coefficient (Wildman–Crippen LogP) is 3.48. The van der Waals surface area contributed by atoms with Gasteiger partial charge in [0.15, 0.2) is 11.5 Å². The second-order valence-electron chi connectivity index (χ2n) is 8.12. The summed E-state index contributed by atoms with van der Waals surface area (Å²) < 4.78 is 40.2. The van der Waals surface area contributed by atoms with Gasteiger partial charge in [-0.15, -0.1) is 0 Å². The molecule has 0 aliphatic carbocycles. The lowest BCUT2D eigenvalue weighted by Crippen LogP contribution is -2.57. The van der Waals surface area contributed by atoms with Gasteiger partial charge in [0.05, 0.1) is 11.0 Å². The molecule has 2 aromatic rings. The van der Waals surface area contributed by atoms with Crippen LogP contribution in [0.15, 0.2) is 53.4 Å². The zero-order valence-corrected chi connectivity index (χ0v) is 17.0. The molecule has 2 aromatic carbocycles. The quantitative estimate of drug-likeness (QED) is 0.813. The number of hydrogen-bond acceptors (Lipinski definition) is 5. The highest BCUT2D eigenvalue weighted by atomic mass is 32.2. The smallest absolute Gasteiger partial charge is 0.243 e. The maximum absolute atomic E-state index is 13.0. The Kier molecular flexibility index (Phi) is 4.57. The van der Waals surface area contributed by atoms with Crippen molar-refractivity contribution < 1.29 is 23.0 Å². The minimum atomic E-state index is -3.52. The molecule has 29 heavy (non-hydrogen) atoms. The number of benzene rings is 2. The maximum Gasteiger partial charge on any atom is 0.243 e. The summed E-state index contributed by atoms with van der Waals surface area (Å²) in [5, 5.41) is 10.4. The summed E-state index contributed by atoms with van der Waals surface area (Å²) in [5.74, 6) is 0.774. The van der Waals surface area contributed by atoms with Crippen molar-refractivity contribution in [1.82, 2.24) is 4.31 Å². The summed E-state index contributed by atoms with van der Waals surface area (Å²) in [6, 6.07) is 14.0. The molecule has 6 nitrogen and oxygen atoms in total. The van der Waals surface area contributed by atoms with Crippen molar-refractivity contribution in [2.45, 2.75) is 42.3 Å². The van der Waals surface area contributed by atoms with Crippen LogP contribution in [0.5, 0.6) is 11.5 Å². The van der Waals surface area contributed by atoms with Crippen LogP contribution in [0, 0.1) is 5.92 Å². The summed E-state index contributed by atoms with van der Waals surface area (Å²) in [4.78, 5) is 0.322.